The SMILES string of the molecule is C=C[C@@](C)(O)CC/C=C(\C)C(=O)O[C@H]1C[C@]2(C(=O)O[C@@H]3O[C@H](CO)[C@@H](O)[C@H](O)[C@H]3O[C@@H]3O[C@@H](C)[C@H](O[C@@H]4O[C@@H](CO)[C@H](O)[C@H]4O)[C@@H](O[C@@H]4O[C@H](CO)[C@@H](O)[C@H](O)[C@H]4O)[C@H]3O)[C@H](O)C[C@]3(C)C(=CC[C@@H]4[C@@]5(C)CC[C@H](O[C@@H]6O[C@H](CO[C@@H]7OC[C@H](O)[C@H](O)[C@H]7O[C@@H]7OC[C@H](O)[C@H](O)[C@H]7O)[C@@H](O)[C@H](O)[C@H]6O[C@@H]6O[C@H](CO)[C@@H](O)[C@H](O)[C@H]6O)C(C)(C)C5CC[C@]43C)[C@@H]2CC1(C)C. The Bertz CT molecular complexity index is 3800. The van der Waals surface area contributed by atoms with Crippen molar-refractivity contribution < 1.29 is 213 Å². The molecule has 12 fully saturated rings. The van der Waals surface area contributed by atoms with E-state index in [1.807, 2.05) is 27.7 Å². The van der Waals surface area contributed by atoms with E-state index in [0.717, 1.165) is 5.57 Å². The summed E-state index contributed by atoms with van der Waals surface area (Å²) in [6.45, 7) is 17.0. The molecule has 43 heteroatoms. The van der Waals surface area contributed by atoms with Gasteiger partial charge < -0.3 is 203 Å². The number of carbonyl (C=O) groups excluding carboxylic acids is 2. The lowest BCUT2D eigenvalue weighted by Gasteiger charge is -2.72. The number of aliphatic hydroxyl groups excluding tert-OH is 23. The molecule has 8 aliphatic heterocycles. The van der Waals surface area contributed by atoms with Crippen molar-refractivity contribution in [3.63, 3.8) is 0 Å². The first-order valence-electron chi connectivity index (χ1n) is 44.3. The second kappa shape index (κ2) is 39.6. The van der Waals surface area contributed by atoms with Crippen LogP contribution in [0.4, 0.5) is 0 Å². The smallest absolute Gasteiger partial charge is 0.333 e. The van der Waals surface area contributed by atoms with Crippen LogP contribution < -0.4 is 0 Å². The Morgan fingerprint density at radius 3 is 1.52 bits per heavy atom. The highest BCUT2D eigenvalue weighted by Crippen LogP contribution is 2.76. The number of ether oxygens (including phenoxy) is 17. The van der Waals surface area contributed by atoms with Crippen molar-refractivity contribution in [1.82, 2.24) is 0 Å². The van der Waals surface area contributed by atoms with Crippen molar-refractivity contribution in [1.29, 1.82) is 0 Å². The highest BCUT2D eigenvalue weighted by Gasteiger charge is 2.74. The molecule has 8 saturated heterocycles. The summed E-state index contributed by atoms with van der Waals surface area (Å²) < 4.78 is 104. The summed E-state index contributed by atoms with van der Waals surface area (Å²) in [5, 5.41) is 267. The quantitative estimate of drug-likeness (QED) is 0.0157. The molecule has 43 nitrogen and oxygen atoms in total. The van der Waals surface area contributed by atoms with Crippen LogP contribution in [0.5, 0.6) is 0 Å². The first-order chi connectivity index (χ1) is 60.0. The topological polar surface area (TPSA) is 677 Å². The van der Waals surface area contributed by atoms with Crippen LogP contribution in [-0.4, -0.2) is 432 Å². The second-order valence-corrected chi connectivity index (χ2v) is 39.7. The summed E-state index contributed by atoms with van der Waals surface area (Å²) in [6.07, 6.45) is -64.6. The van der Waals surface area contributed by atoms with Gasteiger partial charge in [0.05, 0.1) is 70.2 Å². The van der Waals surface area contributed by atoms with Gasteiger partial charge in [0.1, 0.15) is 176 Å². The maximum absolute atomic E-state index is 16.6. The van der Waals surface area contributed by atoms with Crippen LogP contribution in [0.15, 0.2) is 36.0 Å². The molecule has 0 amide bonds. The van der Waals surface area contributed by atoms with Crippen LogP contribution in [0.25, 0.3) is 0 Å². The summed E-state index contributed by atoms with van der Waals surface area (Å²) in [6, 6.07) is 0. The van der Waals surface area contributed by atoms with E-state index in [0.29, 0.717) is 25.7 Å². The van der Waals surface area contributed by atoms with E-state index in [9.17, 15) is 127 Å². The van der Waals surface area contributed by atoms with Crippen molar-refractivity contribution in [2.24, 2.45) is 50.2 Å². The molecule has 48 atom stereocenters. The van der Waals surface area contributed by atoms with Gasteiger partial charge in [-0.1, -0.05) is 72.3 Å². The molecule has 13 rings (SSSR count). The lowest BCUT2D eigenvalue weighted by atomic mass is 9.33. The van der Waals surface area contributed by atoms with Gasteiger partial charge in [0.15, 0.2) is 50.1 Å². The van der Waals surface area contributed by atoms with Gasteiger partial charge in [-0.15, -0.1) is 6.58 Å². The third-order valence-electron chi connectivity index (χ3n) is 31.0. The average Bonchev–Trinajstić information content (AvgIpc) is 0.685. The largest absolute Gasteiger partial charge is 0.458 e. The van der Waals surface area contributed by atoms with Crippen LogP contribution in [0.1, 0.15) is 133 Å². The van der Waals surface area contributed by atoms with Crippen molar-refractivity contribution >= 4 is 11.9 Å². The summed E-state index contributed by atoms with van der Waals surface area (Å²) in [7, 11) is 0. The lowest BCUT2D eigenvalue weighted by Crippen LogP contribution is -2.70. The van der Waals surface area contributed by atoms with Crippen LogP contribution in [0, 0.1) is 50.2 Å². The lowest BCUT2D eigenvalue weighted by molar-refractivity contribution is -0.390. The van der Waals surface area contributed by atoms with E-state index in [2.05, 4.69) is 33.4 Å². The molecule has 13 aliphatic rings. The molecule has 734 valence electrons. The third-order valence-corrected chi connectivity index (χ3v) is 31.0. The molecule has 0 spiro atoms. The van der Waals surface area contributed by atoms with Crippen molar-refractivity contribution in [3.8, 4) is 0 Å². The molecule has 0 bridgehead atoms. The molecule has 8 heterocycles. The monoisotopic (exact) mass is 1840 g/mol. The van der Waals surface area contributed by atoms with E-state index >= 15 is 4.79 Å². The summed E-state index contributed by atoms with van der Waals surface area (Å²) in [5.41, 5.74) is -6.76. The molecule has 1 unspecified atom stereocenters. The predicted molar refractivity (Wildman–Crippen MR) is 424 cm³/mol. The van der Waals surface area contributed by atoms with Gasteiger partial charge in [0, 0.05) is 17.4 Å². The highest BCUT2D eigenvalue weighted by atomic mass is 16.8. The van der Waals surface area contributed by atoms with Crippen LogP contribution in [0.3, 0.4) is 0 Å². The number of aliphatic hydroxyl groups is 24. The van der Waals surface area contributed by atoms with Gasteiger partial charge in [0.25, 0.3) is 0 Å². The number of hydrogen-bond acceptors (Lipinski definition) is 43. The van der Waals surface area contributed by atoms with Gasteiger partial charge >= 0.3 is 11.9 Å². The normalized spacial score (nSPS) is 51.3. The van der Waals surface area contributed by atoms with E-state index in [-0.39, 0.29) is 49.5 Å². The first kappa shape index (κ1) is 102. The van der Waals surface area contributed by atoms with Gasteiger partial charge in [-0.2, -0.15) is 0 Å². The molecule has 0 aromatic heterocycles. The predicted octanol–water partition coefficient (Wildman–Crippen LogP) is -7.64. The molecule has 0 aromatic rings. The molecule has 5 aliphatic carbocycles. The van der Waals surface area contributed by atoms with Crippen LogP contribution in [0.2, 0.25) is 0 Å². The van der Waals surface area contributed by atoms with Crippen LogP contribution >= 0.6 is 0 Å². The van der Waals surface area contributed by atoms with E-state index in [1.165, 1.54) is 19.9 Å². The summed E-state index contributed by atoms with van der Waals surface area (Å²) >= 11 is 0. The summed E-state index contributed by atoms with van der Waals surface area (Å²) in [4.78, 5) is 31.2. The van der Waals surface area contributed by atoms with E-state index in [4.69, 9.17) is 80.5 Å². The minimum atomic E-state index is -2.25. The highest BCUT2D eigenvalue weighted by molar-refractivity contribution is 5.88. The molecule has 24 N–H and O–H groups in total. The fourth-order valence-electron chi connectivity index (χ4n) is 22.7. The minimum absolute atomic E-state index is 0.0303. The van der Waals surface area contributed by atoms with Crippen molar-refractivity contribution in [3.05, 3.63) is 36.0 Å². The number of fused-ring (bicyclic) bond motifs is 7. The van der Waals surface area contributed by atoms with Gasteiger partial charge in [-0.25, -0.2) is 4.79 Å². The standard InChI is InChI=1S/C85H136O43/c1-12-81(8,111)19-13-14-32(2)69(109)121-47-24-85(78(110)128-77-68(57(102)52(97)40(27-88)119-77)127-74-63(108)65(124-72-61(106)55(100)50(95)38(25-86)116-72)64(33(3)115-74)123-71-60(105)53(98)41(28-89)118-71)35(22-79(47,4)5)34-15-16-44-82(9)20-18-46(80(6,7)43(82)17-21-83(44,10)84(34,11)23-45(85)92)122-76-67(126-73-62(107)56(101)51(96)39(26-87)117-73)58(103)54(99)42(120-76)31-114-75-66(49(94)37(91)30-113-75)125-70-59(104)48(93)36(90)29-112-70/h12,14-15,33,35-68,70-77,86-108,111H,1,13,16-31H2,2-11H3/b32-14+/t33-,35-,36-,37-,38+,39+,40+,41-,42+,43?,44+,45+,46-,47-,48-,49-,50+,51+,52+,53-,54+,55-,56-,57-,58-,59+,60+,61+,62+,63+,64-,65-,66+,67+,68+,70-,71-,72-,73-,74-,75-,76-,77-,81+,82-,83+,84+,85+/m0/s1. The first-order valence-corrected chi connectivity index (χ1v) is 44.3. The van der Waals surface area contributed by atoms with Crippen LogP contribution in [-0.2, 0) is 90.1 Å². The maximum atomic E-state index is 16.6. The molecule has 0 aromatic carbocycles. The number of carbonyl (C=O) groups is 2. The molecule has 0 radical (unpaired) electrons. The Morgan fingerprint density at radius 1 is 0.484 bits per heavy atom. The minimum Gasteiger partial charge on any atom is -0.458 e. The van der Waals surface area contributed by atoms with Gasteiger partial charge in [-0.3, -0.25) is 4.79 Å². The summed E-state index contributed by atoms with van der Waals surface area (Å²) in [5.74, 6) is -3.42. The zero-order valence-electron chi connectivity index (χ0n) is 73.3. The number of hydrogen-bond donors (Lipinski definition) is 24. The molecule has 128 heavy (non-hydrogen) atoms. The second-order valence-electron chi connectivity index (χ2n) is 39.7. The number of esters is 2. The Kier molecular flexibility index (Phi) is 31.6. The Balaban J connectivity index is 0.801. The Morgan fingerprint density at radius 2 is 0.953 bits per heavy atom. The van der Waals surface area contributed by atoms with Crippen molar-refractivity contribution in [2.75, 3.05) is 46.2 Å². The Labute approximate surface area is 739 Å². The van der Waals surface area contributed by atoms with Crippen molar-refractivity contribution in [2.45, 2.75) is 385 Å². The fraction of sp³-hybridized carbons (Fsp3) is 0.906. The van der Waals surface area contributed by atoms with E-state index in [1.54, 1.807) is 13.0 Å². The van der Waals surface area contributed by atoms with Gasteiger partial charge in [0.2, 0.25) is 6.29 Å². The zero-order chi connectivity index (χ0) is 93.8. The zero-order valence-corrected chi connectivity index (χ0v) is 73.3. The maximum Gasteiger partial charge on any atom is 0.333 e. The molecular formula is C85H136O43. The number of rotatable bonds is 27. The average molecular weight is 1850 g/mol. The van der Waals surface area contributed by atoms with E-state index < -0.39 is 354 Å². The molecular weight excluding hydrogens is 1710 g/mol. The Hall–Kier alpha value is -3.40. The fourth-order valence-corrected chi connectivity index (χ4v) is 22.7. The number of allylic oxidation sites excluding steroid dienone is 3. The van der Waals surface area contributed by atoms with Gasteiger partial charge in [-0.05, 0) is 118 Å². The molecule has 4 saturated carbocycles. The third kappa shape index (κ3) is 18.8.